The molecule has 3 heterocycles. The number of hydrogen-bond donors (Lipinski definition) is 4. The Morgan fingerprint density at radius 2 is 2.35 bits per heavy atom. The standard InChI is InChI=1S/C12H11F2N5O4/c1-2-11(22)8(13)12(14,3-20)23-9(11)19-4-16-5-6(19)17-10(15)18-7(5)21/h1,4,8-9,20,22H,3H2,(H3,15,17,18,21)/t8-,9+,11+,12+/m0/s1. The van der Waals surface area contributed by atoms with Gasteiger partial charge in [0.05, 0.1) is 6.33 Å². The van der Waals surface area contributed by atoms with Crippen molar-refractivity contribution in [3.05, 3.63) is 16.7 Å². The predicted molar refractivity (Wildman–Crippen MR) is 72.3 cm³/mol. The number of nitrogen functional groups attached to an aromatic ring is 1. The number of halogens is 2. The molecule has 3 rings (SSSR count). The fraction of sp³-hybridized carbons (Fsp3) is 0.417. The molecule has 1 aliphatic rings. The lowest BCUT2D eigenvalue weighted by Gasteiger charge is -2.24. The zero-order chi connectivity index (χ0) is 17.0. The maximum Gasteiger partial charge on any atom is 0.280 e. The smallest absolute Gasteiger partial charge is 0.280 e. The van der Waals surface area contributed by atoms with Crippen molar-refractivity contribution in [2.75, 3.05) is 12.3 Å². The van der Waals surface area contributed by atoms with E-state index >= 15 is 0 Å². The second-order valence-electron chi connectivity index (χ2n) is 5.02. The number of rotatable bonds is 2. The Labute approximate surface area is 126 Å². The highest BCUT2D eigenvalue weighted by Crippen LogP contribution is 2.47. The number of aromatic amines is 1. The van der Waals surface area contributed by atoms with Gasteiger partial charge in [0.15, 0.2) is 17.4 Å². The summed E-state index contributed by atoms with van der Waals surface area (Å²) in [5, 5.41) is 19.3. The number of anilines is 1. The largest absolute Gasteiger partial charge is 0.390 e. The average Bonchev–Trinajstić information content (AvgIpc) is 3.01. The fourth-order valence-electron chi connectivity index (χ4n) is 2.43. The van der Waals surface area contributed by atoms with Crippen LogP contribution in [0.2, 0.25) is 0 Å². The molecule has 0 aliphatic carbocycles. The van der Waals surface area contributed by atoms with E-state index in [9.17, 15) is 18.7 Å². The number of hydrogen-bond acceptors (Lipinski definition) is 7. The fourth-order valence-corrected chi connectivity index (χ4v) is 2.43. The third-order valence-corrected chi connectivity index (χ3v) is 3.60. The van der Waals surface area contributed by atoms with Gasteiger partial charge in [-0.25, -0.2) is 13.8 Å². The normalized spacial score (nSPS) is 33.9. The lowest BCUT2D eigenvalue weighted by atomic mass is 9.95. The van der Waals surface area contributed by atoms with Crippen LogP contribution in [0.5, 0.6) is 0 Å². The highest BCUT2D eigenvalue weighted by Gasteiger charge is 2.66. The maximum atomic E-state index is 14.3. The van der Waals surface area contributed by atoms with Crippen LogP contribution in [0.25, 0.3) is 11.2 Å². The number of fused-ring (bicyclic) bond motifs is 1. The van der Waals surface area contributed by atoms with Crippen LogP contribution >= 0.6 is 0 Å². The molecule has 5 N–H and O–H groups in total. The number of aromatic nitrogens is 4. The minimum Gasteiger partial charge on any atom is -0.390 e. The summed E-state index contributed by atoms with van der Waals surface area (Å²) < 4.78 is 34.2. The Hall–Kier alpha value is -2.55. The van der Waals surface area contributed by atoms with E-state index in [1.165, 1.54) is 0 Å². The van der Waals surface area contributed by atoms with Gasteiger partial charge in [-0.05, 0) is 0 Å². The van der Waals surface area contributed by atoms with Crippen LogP contribution in [0, 0.1) is 12.3 Å². The summed E-state index contributed by atoms with van der Waals surface area (Å²) in [7, 11) is 0. The van der Waals surface area contributed by atoms with Crippen LogP contribution in [-0.4, -0.2) is 54.0 Å². The van der Waals surface area contributed by atoms with Crippen LogP contribution in [0.3, 0.4) is 0 Å². The first-order chi connectivity index (χ1) is 10.8. The van der Waals surface area contributed by atoms with E-state index in [1.54, 1.807) is 5.92 Å². The number of nitrogens with two attached hydrogens (primary N) is 1. The van der Waals surface area contributed by atoms with Gasteiger partial charge in [-0.15, -0.1) is 6.42 Å². The molecule has 0 radical (unpaired) electrons. The topological polar surface area (TPSA) is 139 Å². The molecule has 11 heteroatoms. The van der Waals surface area contributed by atoms with Gasteiger partial charge in [-0.1, -0.05) is 5.92 Å². The number of H-pyrrole nitrogens is 1. The van der Waals surface area contributed by atoms with Gasteiger partial charge in [0.25, 0.3) is 11.4 Å². The lowest BCUT2D eigenvalue weighted by Crippen LogP contribution is -2.47. The molecule has 4 atom stereocenters. The molecule has 2 aromatic rings. The molecule has 0 spiro atoms. The van der Waals surface area contributed by atoms with Crippen LogP contribution < -0.4 is 11.3 Å². The lowest BCUT2D eigenvalue weighted by molar-refractivity contribution is -0.195. The second-order valence-corrected chi connectivity index (χ2v) is 5.02. The van der Waals surface area contributed by atoms with Gasteiger partial charge in [-0.3, -0.25) is 14.3 Å². The van der Waals surface area contributed by atoms with E-state index in [0.717, 1.165) is 10.9 Å². The maximum absolute atomic E-state index is 14.3. The Morgan fingerprint density at radius 1 is 1.65 bits per heavy atom. The first kappa shape index (κ1) is 15.3. The zero-order valence-electron chi connectivity index (χ0n) is 11.4. The van der Waals surface area contributed by atoms with E-state index in [2.05, 4.69) is 15.0 Å². The molecule has 0 aromatic carbocycles. The Bertz CT molecular complexity index is 876. The van der Waals surface area contributed by atoms with E-state index in [0.29, 0.717) is 0 Å². The summed E-state index contributed by atoms with van der Waals surface area (Å²) in [5.74, 6) is -1.78. The molecule has 0 saturated carbocycles. The van der Waals surface area contributed by atoms with Crippen molar-refractivity contribution < 1.29 is 23.7 Å². The Balaban J connectivity index is 2.22. The Kier molecular flexibility index (Phi) is 3.15. The van der Waals surface area contributed by atoms with Crippen LogP contribution in [0.4, 0.5) is 14.7 Å². The highest BCUT2D eigenvalue weighted by atomic mass is 19.2. The van der Waals surface area contributed by atoms with Gasteiger partial charge in [-0.2, -0.15) is 4.98 Å². The average molecular weight is 327 g/mol. The van der Waals surface area contributed by atoms with Crippen LogP contribution in [0.1, 0.15) is 6.23 Å². The summed E-state index contributed by atoms with van der Waals surface area (Å²) in [5.41, 5.74) is 1.57. The predicted octanol–water partition coefficient (Wildman–Crippen LogP) is -1.41. The number of aliphatic hydroxyl groups excluding tert-OH is 1. The zero-order valence-corrected chi connectivity index (χ0v) is 11.4. The summed E-state index contributed by atoms with van der Waals surface area (Å²) >= 11 is 0. The molecule has 0 bridgehead atoms. The molecule has 1 aliphatic heterocycles. The molecular weight excluding hydrogens is 316 g/mol. The number of terminal acetylenes is 1. The number of nitrogens with zero attached hydrogens (tertiary/aromatic N) is 3. The van der Waals surface area contributed by atoms with Gasteiger partial charge in [0.2, 0.25) is 17.7 Å². The molecule has 2 aromatic heterocycles. The number of aliphatic hydroxyl groups is 2. The van der Waals surface area contributed by atoms with E-state index < -0.39 is 36.0 Å². The van der Waals surface area contributed by atoms with Crippen molar-refractivity contribution in [2.45, 2.75) is 23.9 Å². The van der Waals surface area contributed by atoms with Gasteiger partial charge < -0.3 is 20.7 Å². The molecule has 0 amide bonds. The molecule has 23 heavy (non-hydrogen) atoms. The van der Waals surface area contributed by atoms with Crippen LogP contribution in [0.15, 0.2) is 11.1 Å². The molecular formula is C12H11F2N5O4. The first-order valence-electron chi connectivity index (χ1n) is 6.31. The van der Waals surface area contributed by atoms with E-state index in [4.69, 9.17) is 22.0 Å². The third-order valence-electron chi connectivity index (χ3n) is 3.60. The molecule has 1 fully saturated rings. The summed E-state index contributed by atoms with van der Waals surface area (Å²) in [6.07, 6.45) is 1.52. The van der Waals surface area contributed by atoms with Gasteiger partial charge in [0.1, 0.15) is 6.61 Å². The monoisotopic (exact) mass is 327 g/mol. The third kappa shape index (κ3) is 1.93. The molecule has 0 unspecified atom stereocenters. The van der Waals surface area contributed by atoms with Crippen molar-refractivity contribution in [3.8, 4) is 12.3 Å². The van der Waals surface area contributed by atoms with Crippen molar-refractivity contribution in [1.82, 2.24) is 19.5 Å². The number of nitrogens with one attached hydrogen (secondary N) is 1. The van der Waals surface area contributed by atoms with Crippen molar-refractivity contribution in [2.24, 2.45) is 0 Å². The number of ether oxygens (including phenoxy) is 1. The minimum absolute atomic E-state index is 0.195. The van der Waals surface area contributed by atoms with E-state index in [1.807, 2.05) is 0 Å². The minimum atomic E-state index is -3.23. The van der Waals surface area contributed by atoms with Crippen molar-refractivity contribution in [1.29, 1.82) is 0 Å². The molecule has 122 valence electrons. The SMILES string of the molecule is C#C[C@]1(O)[C@H](n2cnc3c(=O)[nH]c(N)nc32)O[C@](F)(CO)[C@H]1F. The van der Waals surface area contributed by atoms with Gasteiger partial charge in [0, 0.05) is 0 Å². The Morgan fingerprint density at radius 3 is 2.96 bits per heavy atom. The second kappa shape index (κ2) is 4.72. The van der Waals surface area contributed by atoms with Crippen molar-refractivity contribution >= 4 is 17.1 Å². The summed E-state index contributed by atoms with van der Waals surface area (Å²) in [4.78, 5) is 21.4. The quantitative estimate of drug-likeness (QED) is 0.497. The van der Waals surface area contributed by atoms with Crippen LogP contribution in [-0.2, 0) is 4.74 Å². The number of imidazole rings is 1. The van der Waals surface area contributed by atoms with Gasteiger partial charge >= 0.3 is 0 Å². The first-order valence-corrected chi connectivity index (χ1v) is 6.31. The molecule has 1 saturated heterocycles. The number of alkyl halides is 2. The summed E-state index contributed by atoms with van der Waals surface area (Å²) in [6.45, 7) is -1.38. The molecule has 9 nitrogen and oxygen atoms in total. The van der Waals surface area contributed by atoms with E-state index in [-0.39, 0.29) is 17.1 Å². The summed E-state index contributed by atoms with van der Waals surface area (Å²) in [6, 6.07) is 0. The van der Waals surface area contributed by atoms with Crippen molar-refractivity contribution in [3.63, 3.8) is 0 Å². The highest BCUT2D eigenvalue weighted by molar-refractivity contribution is 5.70.